The van der Waals surface area contributed by atoms with Gasteiger partial charge >= 0.3 is 0 Å². The highest BCUT2D eigenvalue weighted by molar-refractivity contribution is 5.33. The van der Waals surface area contributed by atoms with Gasteiger partial charge in [0.15, 0.2) is 0 Å². The second-order valence-electron chi connectivity index (χ2n) is 4.08. The summed E-state index contributed by atoms with van der Waals surface area (Å²) in [6.07, 6.45) is -0.386. The van der Waals surface area contributed by atoms with Crippen LogP contribution in [0, 0.1) is 5.82 Å². The normalized spacial score (nSPS) is 11.9. The minimum Gasteiger partial charge on any atom is -0.497 e. The number of nitrogens with two attached hydrogens (primary N) is 1. The monoisotopic (exact) mass is 261 g/mol. The van der Waals surface area contributed by atoms with E-state index in [2.05, 4.69) is 0 Å². The molecular formula is C15H16FNO2. The molecule has 2 N–H and O–H groups in total. The second-order valence-corrected chi connectivity index (χ2v) is 4.08. The first-order valence-electron chi connectivity index (χ1n) is 5.99. The standard InChI is InChI=1S/C15H16FNO2/c1-18-13-6-3-7-14(9-13)19-15(10-17)11-4-2-5-12(16)8-11/h2-9,15H,10,17H2,1H3. The third-order valence-electron chi connectivity index (χ3n) is 2.75. The Labute approximate surface area is 111 Å². The lowest BCUT2D eigenvalue weighted by molar-refractivity contribution is 0.213. The number of ether oxygens (including phenoxy) is 2. The molecule has 19 heavy (non-hydrogen) atoms. The van der Waals surface area contributed by atoms with Crippen LogP contribution in [0.4, 0.5) is 4.39 Å². The summed E-state index contributed by atoms with van der Waals surface area (Å²) in [5, 5.41) is 0. The Morgan fingerprint density at radius 3 is 2.53 bits per heavy atom. The molecule has 0 spiro atoms. The molecule has 2 aromatic carbocycles. The van der Waals surface area contributed by atoms with E-state index in [0.29, 0.717) is 17.1 Å². The molecule has 2 aromatic rings. The molecule has 0 bridgehead atoms. The second kappa shape index (κ2) is 6.20. The van der Waals surface area contributed by atoms with Crippen LogP contribution in [-0.4, -0.2) is 13.7 Å². The summed E-state index contributed by atoms with van der Waals surface area (Å²) in [6, 6.07) is 13.5. The van der Waals surface area contributed by atoms with Gasteiger partial charge in [-0.25, -0.2) is 4.39 Å². The van der Waals surface area contributed by atoms with Crippen molar-refractivity contribution >= 4 is 0 Å². The molecule has 0 aromatic heterocycles. The summed E-state index contributed by atoms with van der Waals surface area (Å²) in [5.41, 5.74) is 6.41. The quantitative estimate of drug-likeness (QED) is 0.900. The van der Waals surface area contributed by atoms with E-state index >= 15 is 0 Å². The number of methoxy groups -OCH3 is 1. The largest absolute Gasteiger partial charge is 0.497 e. The third-order valence-corrected chi connectivity index (χ3v) is 2.75. The molecule has 0 fully saturated rings. The lowest BCUT2D eigenvalue weighted by Gasteiger charge is -2.18. The molecule has 3 nitrogen and oxygen atoms in total. The van der Waals surface area contributed by atoms with Gasteiger partial charge in [-0.3, -0.25) is 0 Å². The van der Waals surface area contributed by atoms with Crippen LogP contribution in [0.15, 0.2) is 48.5 Å². The van der Waals surface area contributed by atoms with Crippen molar-refractivity contribution in [2.75, 3.05) is 13.7 Å². The lowest BCUT2D eigenvalue weighted by atomic mass is 10.1. The minimum atomic E-state index is -0.386. The zero-order valence-electron chi connectivity index (χ0n) is 10.7. The Hall–Kier alpha value is -2.07. The van der Waals surface area contributed by atoms with Crippen molar-refractivity contribution in [3.05, 3.63) is 59.9 Å². The highest BCUT2D eigenvalue weighted by atomic mass is 19.1. The van der Waals surface area contributed by atoms with Crippen molar-refractivity contribution in [3.63, 3.8) is 0 Å². The van der Waals surface area contributed by atoms with Gasteiger partial charge < -0.3 is 15.2 Å². The maximum atomic E-state index is 13.2. The number of benzene rings is 2. The summed E-state index contributed by atoms with van der Waals surface area (Å²) in [5.74, 6) is 1.04. The Balaban J connectivity index is 2.18. The summed E-state index contributed by atoms with van der Waals surface area (Å²) < 4.78 is 24.1. The van der Waals surface area contributed by atoms with Crippen LogP contribution in [0.2, 0.25) is 0 Å². The summed E-state index contributed by atoms with van der Waals surface area (Å²) in [7, 11) is 1.59. The first-order valence-corrected chi connectivity index (χ1v) is 5.99. The van der Waals surface area contributed by atoms with E-state index in [0.717, 1.165) is 0 Å². The maximum Gasteiger partial charge on any atom is 0.136 e. The molecule has 0 aliphatic rings. The smallest absolute Gasteiger partial charge is 0.136 e. The van der Waals surface area contributed by atoms with Crippen LogP contribution < -0.4 is 15.2 Å². The van der Waals surface area contributed by atoms with Gasteiger partial charge in [0, 0.05) is 12.6 Å². The average Bonchev–Trinajstić information content (AvgIpc) is 2.45. The van der Waals surface area contributed by atoms with Crippen molar-refractivity contribution in [1.82, 2.24) is 0 Å². The highest BCUT2D eigenvalue weighted by Gasteiger charge is 2.12. The van der Waals surface area contributed by atoms with Gasteiger partial charge in [0.25, 0.3) is 0 Å². The highest BCUT2D eigenvalue weighted by Crippen LogP contribution is 2.25. The Bertz CT molecular complexity index is 545. The lowest BCUT2D eigenvalue weighted by Crippen LogP contribution is -2.18. The van der Waals surface area contributed by atoms with E-state index in [1.807, 2.05) is 18.2 Å². The number of halogens is 1. The van der Waals surface area contributed by atoms with Crippen LogP contribution in [0.25, 0.3) is 0 Å². The topological polar surface area (TPSA) is 44.5 Å². The molecule has 0 heterocycles. The molecule has 2 rings (SSSR count). The number of hydrogen-bond donors (Lipinski definition) is 1. The molecule has 1 atom stereocenters. The summed E-state index contributed by atoms with van der Waals surface area (Å²) >= 11 is 0. The fourth-order valence-electron chi connectivity index (χ4n) is 1.80. The van der Waals surface area contributed by atoms with Crippen LogP contribution in [-0.2, 0) is 0 Å². The van der Waals surface area contributed by atoms with Gasteiger partial charge in [0.05, 0.1) is 7.11 Å². The fourth-order valence-corrected chi connectivity index (χ4v) is 1.80. The third kappa shape index (κ3) is 3.45. The van der Waals surface area contributed by atoms with E-state index in [1.54, 1.807) is 25.3 Å². The van der Waals surface area contributed by atoms with E-state index in [-0.39, 0.29) is 18.5 Å². The summed E-state index contributed by atoms with van der Waals surface area (Å²) in [6.45, 7) is 0.265. The van der Waals surface area contributed by atoms with Crippen molar-refractivity contribution in [1.29, 1.82) is 0 Å². The SMILES string of the molecule is COc1cccc(OC(CN)c2cccc(F)c2)c1. The van der Waals surface area contributed by atoms with Gasteiger partial charge in [-0.15, -0.1) is 0 Å². The van der Waals surface area contributed by atoms with Gasteiger partial charge in [-0.1, -0.05) is 18.2 Å². The molecule has 0 aliphatic heterocycles. The molecule has 0 amide bonds. The van der Waals surface area contributed by atoms with Crippen LogP contribution >= 0.6 is 0 Å². The molecule has 0 radical (unpaired) electrons. The number of rotatable bonds is 5. The minimum absolute atomic E-state index is 0.265. The molecular weight excluding hydrogens is 245 g/mol. The zero-order valence-corrected chi connectivity index (χ0v) is 10.7. The van der Waals surface area contributed by atoms with Crippen LogP contribution in [0.1, 0.15) is 11.7 Å². The fraction of sp³-hybridized carbons (Fsp3) is 0.200. The Morgan fingerprint density at radius 2 is 1.84 bits per heavy atom. The zero-order chi connectivity index (χ0) is 13.7. The predicted molar refractivity (Wildman–Crippen MR) is 71.8 cm³/mol. The van der Waals surface area contributed by atoms with Crippen LogP contribution in [0.3, 0.4) is 0 Å². The first-order chi connectivity index (χ1) is 9.22. The predicted octanol–water partition coefficient (Wildman–Crippen LogP) is 2.91. The first kappa shape index (κ1) is 13.4. The average molecular weight is 261 g/mol. The summed E-state index contributed by atoms with van der Waals surface area (Å²) in [4.78, 5) is 0. The maximum absolute atomic E-state index is 13.2. The van der Waals surface area contributed by atoms with E-state index < -0.39 is 0 Å². The van der Waals surface area contributed by atoms with Gasteiger partial charge in [-0.2, -0.15) is 0 Å². The van der Waals surface area contributed by atoms with E-state index in [9.17, 15) is 4.39 Å². The van der Waals surface area contributed by atoms with Crippen LogP contribution in [0.5, 0.6) is 11.5 Å². The molecule has 0 saturated heterocycles. The molecule has 4 heteroatoms. The van der Waals surface area contributed by atoms with Crippen molar-refractivity contribution in [2.45, 2.75) is 6.10 Å². The van der Waals surface area contributed by atoms with E-state index in [4.69, 9.17) is 15.2 Å². The van der Waals surface area contributed by atoms with E-state index in [1.165, 1.54) is 12.1 Å². The van der Waals surface area contributed by atoms with Gasteiger partial charge in [-0.05, 0) is 29.8 Å². The van der Waals surface area contributed by atoms with Gasteiger partial charge in [0.2, 0.25) is 0 Å². The Kier molecular flexibility index (Phi) is 4.36. The number of hydrogen-bond acceptors (Lipinski definition) is 3. The van der Waals surface area contributed by atoms with Crippen molar-refractivity contribution < 1.29 is 13.9 Å². The molecule has 1 unspecified atom stereocenters. The molecule has 0 saturated carbocycles. The Morgan fingerprint density at radius 1 is 1.11 bits per heavy atom. The molecule has 100 valence electrons. The van der Waals surface area contributed by atoms with Crippen molar-refractivity contribution in [2.24, 2.45) is 5.73 Å². The molecule has 0 aliphatic carbocycles. The van der Waals surface area contributed by atoms with Gasteiger partial charge in [0.1, 0.15) is 23.4 Å². The van der Waals surface area contributed by atoms with Crippen molar-refractivity contribution in [3.8, 4) is 11.5 Å².